The highest BCUT2D eigenvalue weighted by Gasteiger charge is 2.10. The smallest absolute Gasteiger partial charge is 0.252 e. The zero-order chi connectivity index (χ0) is 17.6. The van der Waals surface area contributed by atoms with Gasteiger partial charge in [0.1, 0.15) is 24.7 Å². The lowest BCUT2D eigenvalue weighted by atomic mass is 10.2. The van der Waals surface area contributed by atoms with Crippen LogP contribution in [-0.2, 0) is 11.3 Å². The van der Waals surface area contributed by atoms with E-state index in [0.717, 1.165) is 5.56 Å². The summed E-state index contributed by atoms with van der Waals surface area (Å²) in [5.74, 6) is 0.948. The summed E-state index contributed by atoms with van der Waals surface area (Å²) in [7, 11) is 0. The molecule has 1 N–H and O–H groups in total. The van der Waals surface area contributed by atoms with Gasteiger partial charge >= 0.3 is 0 Å². The number of ether oxygens (including phenoxy) is 1. The number of hydrogen-bond donors (Lipinski definition) is 1. The minimum absolute atomic E-state index is 0.0240. The SMILES string of the molecule is Cc1ccc(Oc2ccccc2NC(=O)Cn2cnc(C#N)n2)cc1. The van der Waals surface area contributed by atoms with Crippen LogP contribution in [0.5, 0.6) is 11.5 Å². The molecule has 0 aliphatic rings. The van der Waals surface area contributed by atoms with Gasteiger partial charge in [0.15, 0.2) is 5.75 Å². The highest BCUT2D eigenvalue weighted by Crippen LogP contribution is 2.29. The van der Waals surface area contributed by atoms with E-state index in [1.54, 1.807) is 18.2 Å². The summed E-state index contributed by atoms with van der Waals surface area (Å²) in [4.78, 5) is 16.0. The van der Waals surface area contributed by atoms with Gasteiger partial charge in [-0.2, -0.15) is 5.26 Å². The molecule has 2 aromatic carbocycles. The number of nitrogens with zero attached hydrogens (tertiary/aromatic N) is 4. The van der Waals surface area contributed by atoms with Crippen LogP contribution < -0.4 is 10.1 Å². The Morgan fingerprint density at radius 2 is 2.00 bits per heavy atom. The van der Waals surface area contributed by atoms with Crippen molar-refractivity contribution in [2.75, 3.05) is 5.32 Å². The topological polar surface area (TPSA) is 92.8 Å². The summed E-state index contributed by atoms with van der Waals surface area (Å²) in [6, 6.07) is 16.6. The Balaban J connectivity index is 1.70. The molecule has 25 heavy (non-hydrogen) atoms. The number of carbonyl (C=O) groups excluding carboxylic acids is 1. The van der Waals surface area contributed by atoms with Gasteiger partial charge in [-0.25, -0.2) is 9.67 Å². The van der Waals surface area contributed by atoms with Crippen molar-refractivity contribution in [3.8, 4) is 17.6 Å². The fourth-order valence-electron chi connectivity index (χ4n) is 2.15. The molecule has 1 heterocycles. The number of aryl methyl sites for hydroxylation is 1. The molecule has 0 unspecified atom stereocenters. The number of rotatable bonds is 5. The standard InChI is InChI=1S/C18H15N5O2/c1-13-6-8-14(9-7-13)25-16-5-3-2-4-15(16)21-18(24)11-23-12-20-17(10-19)22-23/h2-9,12H,11H2,1H3,(H,21,24). The van der Waals surface area contributed by atoms with Crippen LogP contribution >= 0.6 is 0 Å². The summed E-state index contributed by atoms with van der Waals surface area (Å²) in [5.41, 5.74) is 1.69. The molecule has 1 amide bonds. The van der Waals surface area contributed by atoms with Crippen LogP contribution in [0, 0.1) is 18.3 Å². The first-order chi connectivity index (χ1) is 12.1. The Hall–Kier alpha value is -3.66. The maximum absolute atomic E-state index is 12.2. The van der Waals surface area contributed by atoms with Gasteiger partial charge in [0.05, 0.1) is 5.69 Å². The van der Waals surface area contributed by atoms with Gasteiger partial charge in [0.25, 0.3) is 5.82 Å². The van der Waals surface area contributed by atoms with Crippen LogP contribution in [0.25, 0.3) is 0 Å². The number of carbonyl (C=O) groups is 1. The van der Waals surface area contributed by atoms with E-state index < -0.39 is 0 Å². The number of benzene rings is 2. The van der Waals surface area contributed by atoms with Gasteiger partial charge in [-0.15, -0.1) is 5.10 Å². The van der Waals surface area contributed by atoms with Crippen LogP contribution in [0.3, 0.4) is 0 Å². The third-order valence-corrected chi connectivity index (χ3v) is 3.35. The van der Waals surface area contributed by atoms with E-state index in [4.69, 9.17) is 10.00 Å². The van der Waals surface area contributed by atoms with Crippen LogP contribution in [0.2, 0.25) is 0 Å². The Morgan fingerprint density at radius 3 is 2.72 bits per heavy atom. The van der Waals surface area contributed by atoms with Crippen molar-refractivity contribution in [1.82, 2.24) is 14.8 Å². The van der Waals surface area contributed by atoms with Crippen molar-refractivity contribution in [2.24, 2.45) is 0 Å². The van der Waals surface area contributed by atoms with E-state index >= 15 is 0 Å². The molecule has 0 aliphatic heterocycles. The molecule has 0 aliphatic carbocycles. The Labute approximate surface area is 144 Å². The first-order valence-electron chi connectivity index (χ1n) is 7.57. The monoisotopic (exact) mass is 333 g/mol. The summed E-state index contributed by atoms with van der Waals surface area (Å²) in [6.45, 7) is 1.95. The molecule has 0 spiro atoms. The zero-order valence-corrected chi connectivity index (χ0v) is 13.5. The quantitative estimate of drug-likeness (QED) is 0.775. The van der Waals surface area contributed by atoms with E-state index in [1.165, 1.54) is 11.0 Å². The van der Waals surface area contributed by atoms with Gasteiger partial charge in [-0.1, -0.05) is 29.8 Å². The summed E-state index contributed by atoms with van der Waals surface area (Å²) < 4.78 is 7.15. The normalized spacial score (nSPS) is 10.1. The largest absolute Gasteiger partial charge is 0.455 e. The maximum atomic E-state index is 12.2. The second kappa shape index (κ2) is 7.27. The highest BCUT2D eigenvalue weighted by atomic mass is 16.5. The molecule has 7 nitrogen and oxygen atoms in total. The van der Waals surface area contributed by atoms with Crippen molar-refractivity contribution in [3.63, 3.8) is 0 Å². The molecular formula is C18H15N5O2. The van der Waals surface area contributed by atoms with E-state index in [1.807, 2.05) is 43.3 Å². The molecule has 3 rings (SSSR count). The summed E-state index contributed by atoms with van der Waals surface area (Å²) >= 11 is 0. The fraction of sp³-hybridized carbons (Fsp3) is 0.111. The summed E-state index contributed by atoms with van der Waals surface area (Å²) in [5, 5.41) is 15.4. The molecule has 0 atom stereocenters. The van der Waals surface area contributed by atoms with Crippen LogP contribution in [0.4, 0.5) is 5.69 Å². The first kappa shape index (κ1) is 16.2. The zero-order valence-electron chi connectivity index (χ0n) is 13.5. The average Bonchev–Trinajstić information content (AvgIpc) is 3.06. The Kier molecular flexibility index (Phi) is 4.72. The molecule has 1 aromatic heterocycles. The van der Waals surface area contributed by atoms with Crippen molar-refractivity contribution >= 4 is 11.6 Å². The molecule has 0 fully saturated rings. The number of nitrogens with one attached hydrogen (secondary N) is 1. The van der Waals surface area contributed by atoms with E-state index in [0.29, 0.717) is 17.2 Å². The lowest BCUT2D eigenvalue weighted by Crippen LogP contribution is -2.19. The van der Waals surface area contributed by atoms with Crippen molar-refractivity contribution in [3.05, 3.63) is 66.2 Å². The first-order valence-corrected chi connectivity index (χ1v) is 7.57. The molecular weight excluding hydrogens is 318 g/mol. The van der Waals surface area contributed by atoms with Crippen molar-refractivity contribution in [1.29, 1.82) is 5.26 Å². The molecule has 3 aromatic rings. The van der Waals surface area contributed by atoms with Crippen LogP contribution in [0.1, 0.15) is 11.4 Å². The predicted octanol–water partition coefficient (Wildman–Crippen LogP) is 2.89. The van der Waals surface area contributed by atoms with Gasteiger partial charge in [0, 0.05) is 0 Å². The van der Waals surface area contributed by atoms with Gasteiger partial charge in [0.2, 0.25) is 5.91 Å². The number of para-hydroxylation sites is 2. The summed E-state index contributed by atoms with van der Waals surface area (Å²) in [6.07, 6.45) is 1.34. The molecule has 0 radical (unpaired) electrons. The fourth-order valence-corrected chi connectivity index (χ4v) is 2.15. The van der Waals surface area contributed by atoms with Crippen LogP contribution in [-0.4, -0.2) is 20.7 Å². The minimum Gasteiger partial charge on any atom is -0.455 e. The number of hydrogen-bond acceptors (Lipinski definition) is 5. The van der Waals surface area contributed by atoms with Gasteiger partial charge < -0.3 is 10.1 Å². The lowest BCUT2D eigenvalue weighted by Gasteiger charge is -2.12. The number of aromatic nitrogens is 3. The molecule has 0 saturated heterocycles. The Bertz CT molecular complexity index is 925. The average molecular weight is 333 g/mol. The van der Waals surface area contributed by atoms with E-state index in [-0.39, 0.29) is 18.3 Å². The second-order valence-electron chi connectivity index (χ2n) is 5.34. The maximum Gasteiger partial charge on any atom is 0.252 e. The second-order valence-corrected chi connectivity index (χ2v) is 5.34. The number of amides is 1. The highest BCUT2D eigenvalue weighted by molar-refractivity contribution is 5.92. The number of nitriles is 1. The number of anilines is 1. The van der Waals surface area contributed by atoms with E-state index in [2.05, 4.69) is 15.4 Å². The lowest BCUT2D eigenvalue weighted by molar-refractivity contribution is -0.116. The van der Waals surface area contributed by atoms with E-state index in [9.17, 15) is 4.79 Å². The van der Waals surface area contributed by atoms with Crippen LogP contribution in [0.15, 0.2) is 54.9 Å². The van der Waals surface area contributed by atoms with Gasteiger partial charge in [-0.3, -0.25) is 4.79 Å². The van der Waals surface area contributed by atoms with Crippen molar-refractivity contribution < 1.29 is 9.53 Å². The molecule has 124 valence electrons. The molecule has 0 bridgehead atoms. The Morgan fingerprint density at radius 1 is 1.24 bits per heavy atom. The third kappa shape index (κ3) is 4.20. The predicted molar refractivity (Wildman–Crippen MR) is 91.1 cm³/mol. The molecule has 7 heteroatoms. The van der Waals surface area contributed by atoms with Gasteiger partial charge in [-0.05, 0) is 31.2 Å². The molecule has 0 saturated carbocycles. The minimum atomic E-state index is -0.297. The third-order valence-electron chi connectivity index (χ3n) is 3.35. The van der Waals surface area contributed by atoms with Crippen molar-refractivity contribution in [2.45, 2.75) is 13.5 Å².